The molecule has 0 atom stereocenters. The van der Waals surface area contributed by atoms with E-state index in [0.717, 1.165) is 18.5 Å². The fraction of sp³-hybridized carbons (Fsp3) is 0.267. The second kappa shape index (κ2) is 6.06. The van der Waals surface area contributed by atoms with Crippen LogP contribution in [-0.4, -0.2) is 22.8 Å². The second-order valence-electron chi connectivity index (χ2n) is 5.09. The van der Waals surface area contributed by atoms with Crippen molar-refractivity contribution in [1.82, 2.24) is 4.98 Å². The smallest absolute Gasteiger partial charge is 0.257 e. The third-order valence-electron chi connectivity index (χ3n) is 3.36. The molecule has 0 bridgehead atoms. The molecule has 22 heavy (non-hydrogen) atoms. The number of carbonyl (C=O) groups is 2. The summed E-state index contributed by atoms with van der Waals surface area (Å²) in [5.41, 5.74) is 1.33. The largest absolute Gasteiger partial charge is 0.310 e. The van der Waals surface area contributed by atoms with Crippen LogP contribution in [0.4, 0.5) is 10.8 Å². The molecular weight excluding hydrogens is 322 g/mol. The Morgan fingerprint density at radius 1 is 1.32 bits per heavy atom. The Kier molecular flexibility index (Phi) is 4.13. The fourth-order valence-electron chi connectivity index (χ4n) is 2.24. The van der Waals surface area contributed by atoms with Crippen molar-refractivity contribution in [2.45, 2.75) is 25.8 Å². The Morgan fingerprint density at radius 2 is 2.00 bits per heavy atom. The van der Waals surface area contributed by atoms with Gasteiger partial charge in [-0.05, 0) is 37.1 Å². The van der Waals surface area contributed by atoms with Crippen molar-refractivity contribution >= 4 is 45.6 Å². The Morgan fingerprint density at radius 3 is 2.50 bits per heavy atom. The number of amides is 2. The number of hydrogen-bond donors (Lipinski definition) is 1. The van der Waals surface area contributed by atoms with Crippen molar-refractivity contribution < 1.29 is 9.59 Å². The third-order valence-corrected chi connectivity index (χ3v) is 4.39. The predicted octanol–water partition coefficient (Wildman–Crippen LogP) is 3.56. The number of halogens is 1. The maximum Gasteiger partial charge on any atom is 0.257 e. The molecule has 1 fully saturated rings. The summed E-state index contributed by atoms with van der Waals surface area (Å²) in [6.07, 6.45) is 3.56. The molecule has 3 rings (SSSR count). The summed E-state index contributed by atoms with van der Waals surface area (Å²) in [5, 5.41) is 3.15. The van der Waals surface area contributed by atoms with Gasteiger partial charge in [0, 0.05) is 24.2 Å². The van der Waals surface area contributed by atoms with Crippen molar-refractivity contribution in [2.24, 2.45) is 0 Å². The van der Waals surface area contributed by atoms with Crippen LogP contribution >= 0.6 is 22.9 Å². The van der Waals surface area contributed by atoms with Crippen LogP contribution in [0, 0.1) is 0 Å². The van der Waals surface area contributed by atoms with E-state index in [-0.39, 0.29) is 11.8 Å². The molecule has 5 nitrogen and oxygen atoms in total. The lowest BCUT2D eigenvalue weighted by Gasteiger charge is -2.20. The van der Waals surface area contributed by atoms with E-state index in [1.165, 1.54) is 17.5 Å². The van der Waals surface area contributed by atoms with Crippen LogP contribution in [0.15, 0.2) is 30.5 Å². The lowest BCUT2D eigenvalue weighted by Crippen LogP contribution is -2.30. The van der Waals surface area contributed by atoms with Crippen LogP contribution in [0.25, 0.3) is 0 Å². The zero-order valence-electron chi connectivity index (χ0n) is 11.9. The summed E-state index contributed by atoms with van der Waals surface area (Å²) in [6, 6.07) is 7.30. The minimum Gasteiger partial charge on any atom is -0.310 e. The first-order valence-corrected chi connectivity index (χ1v) is 8.06. The molecular formula is C15H14ClN3O2S. The molecule has 0 aliphatic heterocycles. The normalized spacial score (nSPS) is 13.7. The molecule has 1 saturated carbocycles. The molecule has 0 spiro atoms. The van der Waals surface area contributed by atoms with Gasteiger partial charge >= 0.3 is 0 Å². The molecule has 1 aliphatic carbocycles. The van der Waals surface area contributed by atoms with E-state index < -0.39 is 0 Å². The highest BCUT2D eigenvalue weighted by atomic mass is 35.5. The highest BCUT2D eigenvalue weighted by molar-refractivity contribution is 7.19. The minimum absolute atomic E-state index is 0.0251. The molecule has 0 unspecified atom stereocenters. The molecule has 0 saturated heterocycles. The number of hydrogen-bond acceptors (Lipinski definition) is 4. The quantitative estimate of drug-likeness (QED) is 0.929. The first-order valence-electron chi connectivity index (χ1n) is 6.87. The Balaban J connectivity index is 1.73. The predicted molar refractivity (Wildman–Crippen MR) is 87.7 cm³/mol. The summed E-state index contributed by atoms with van der Waals surface area (Å²) in [5.74, 6) is -0.226. The number of thiazole rings is 1. The van der Waals surface area contributed by atoms with Gasteiger partial charge in [0.15, 0.2) is 5.13 Å². The molecule has 114 valence electrons. The van der Waals surface area contributed by atoms with Gasteiger partial charge in [-0.3, -0.25) is 14.9 Å². The van der Waals surface area contributed by atoms with Gasteiger partial charge in [-0.2, -0.15) is 0 Å². The van der Waals surface area contributed by atoms with Crippen LogP contribution in [0.1, 0.15) is 30.1 Å². The number of anilines is 2. The van der Waals surface area contributed by atoms with E-state index in [4.69, 9.17) is 11.6 Å². The van der Waals surface area contributed by atoms with Crippen LogP contribution in [0.3, 0.4) is 0 Å². The molecule has 7 heteroatoms. The van der Waals surface area contributed by atoms with Gasteiger partial charge in [-0.1, -0.05) is 22.9 Å². The summed E-state index contributed by atoms with van der Waals surface area (Å²) in [6.45, 7) is 1.56. The molecule has 2 amide bonds. The minimum atomic E-state index is -0.252. The van der Waals surface area contributed by atoms with Gasteiger partial charge in [0.05, 0.1) is 6.20 Å². The zero-order valence-corrected chi connectivity index (χ0v) is 13.4. The Labute approximate surface area is 136 Å². The highest BCUT2D eigenvalue weighted by Gasteiger charge is 2.31. The van der Waals surface area contributed by atoms with Gasteiger partial charge in [0.2, 0.25) is 5.91 Å². The maximum atomic E-state index is 12.1. The van der Waals surface area contributed by atoms with Crippen molar-refractivity contribution in [3.63, 3.8) is 0 Å². The summed E-state index contributed by atoms with van der Waals surface area (Å²) >= 11 is 6.98. The molecule has 1 aromatic heterocycles. The molecule has 1 N–H and O–H groups in total. The van der Waals surface area contributed by atoms with E-state index in [1.807, 2.05) is 0 Å². The van der Waals surface area contributed by atoms with Crippen molar-refractivity contribution in [3.8, 4) is 0 Å². The fourth-order valence-corrected chi connectivity index (χ4v) is 3.04. The summed E-state index contributed by atoms with van der Waals surface area (Å²) in [7, 11) is 0. The highest BCUT2D eigenvalue weighted by Crippen LogP contribution is 2.32. The van der Waals surface area contributed by atoms with Crippen LogP contribution < -0.4 is 10.2 Å². The lowest BCUT2D eigenvalue weighted by molar-refractivity contribution is -0.116. The van der Waals surface area contributed by atoms with E-state index >= 15 is 0 Å². The van der Waals surface area contributed by atoms with E-state index in [1.54, 1.807) is 36.1 Å². The lowest BCUT2D eigenvalue weighted by atomic mass is 10.2. The number of nitrogens with zero attached hydrogens (tertiary/aromatic N) is 2. The average molecular weight is 336 g/mol. The summed E-state index contributed by atoms with van der Waals surface area (Å²) in [4.78, 5) is 29.6. The molecule has 0 radical (unpaired) electrons. The van der Waals surface area contributed by atoms with Gasteiger partial charge < -0.3 is 4.90 Å². The first-order chi connectivity index (χ1) is 10.5. The van der Waals surface area contributed by atoms with Crippen LogP contribution in [-0.2, 0) is 4.79 Å². The van der Waals surface area contributed by atoms with Crippen molar-refractivity contribution in [3.05, 3.63) is 40.4 Å². The maximum absolute atomic E-state index is 12.1. The number of carbonyl (C=O) groups excluding carboxylic acids is 2. The number of rotatable bonds is 4. The molecule has 2 aromatic rings. The van der Waals surface area contributed by atoms with Gasteiger partial charge in [0.25, 0.3) is 5.91 Å². The summed E-state index contributed by atoms with van der Waals surface area (Å²) < 4.78 is 0.521. The average Bonchev–Trinajstić information content (AvgIpc) is 3.22. The van der Waals surface area contributed by atoms with Crippen LogP contribution in [0.2, 0.25) is 4.34 Å². The van der Waals surface area contributed by atoms with E-state index in [2.05, 4.69) is 10.3 Å². The second-order valence-corrected chi connectivity index (χ2v) is 6.75. The van der Waals surface area contributed by atoms with Gasteiger partial charge in [0.1, 0.15) is 4.34 Å². The van der Waals surface area contributed by atoms with Gasteiger partial charge in [-0.15, -0.1) is 0 Å². The van der Waals surface area contributed by atoms with E-state index in [9.17, 15) is 9.59 Å². The molecule has 1 aromatic carbocycles. The van der Waals surface area contributed by atoms with E-state index in [0.29, 0.717) is 21.1 Å². The Hall–Kier alpha value is -1.92. The van der Waals surface area contributed by atoms with Gasteiger partial charge in [-0.25, -0.2) is 4.98 Å². The number of benzene rings is 1. The van der Waals surface area contributed by atoms with Crippen molar-refractivity contribution in [1.29, 1.82) is 0 Å². The first kappa shape index (κ1) is 15.0. The molecule has 1 aliphatic rings. The Bertz CT molecular complexity index is 710. The number of aromatic nitrogens is 1. The zero-order chi connectivity index (χ0) is 15.7. The standard InChI is InChI=1S/C15H14ClN3O2S/c1-9(20)19(12-6-7-12)11-4-2-10(3-5-11)14(21)18-15-17-8-13(16)22-15/h2-5,8,12H,6-7H2,1H3,(H,17,18,21). The van der Waals surface area contributed by atoms with Crippen molar-refractivity contribution in [2.75, 3.05) is 10.2 Å². The third kappa shape index (κ3) is 3.28. The number of nitrogens with one attached hydrogen (secondary N) is 1. The molecule has 1 heterocycles. The van der Waals surface area contributed by atoms with Crippen LogP contribution in [0.5, 0.6) is 0 Å². The SMILES string of the molecule is CC(=O)N(c1ccc(C(=O)Nc2ncc(Cl)s2)cc1)C1CC1. The topological polar surface area (TPSA) is 62.3 Å². The monoisotopic (exact) mass is 335 g/mol.